The molecular formula is C10H17N5O2. The second-order valence-electron chi connectivity index (χ2n) is 3.93. The predicted octanol–water partition coefficient (Wildman–Crippen LogP) is -0.159. The number of carbonyl (C=O) groups excluding carboxylic acids is 1. The molecule has 1 heterocycles. The number of oxime groups is 1. The van der Waals surface area contributed by atoms with E-state index in [1.807, 2.05) is 6.92 Å². The zero-order valence-corrected chi connectivity index (χ0v) is 10.1. The highest BCUT2D eigenvalue weighted by molar-refractivity contribution is 5.93. The lowest BCUT2D eigenvalue weighted by Gasteiger charge is -2.10. The highest BCUT2D eigenvalue weighted by Crippen LogP contribution is 2.02. The Morgan fingerprint density at radius 2 is 2.41 bits per heavy atom. The first-order valence-electron chi connectivity index (χ1n) is 5.22. The summed E-state index contributed by atoms with van der Waals surface area (Å²) in [5.74, 6) is -0.365. The Kier molecular flexibility index (Phi) is 4.08. The minimum absolute atomic E-state index is 0.0893. The summed E-state index contributed by atoms with van der Waals surface area (Å²) in [6.45, 7) is 3.87. The van der Waals surface area contributed by atoms with Crippen LogP contribution >= 0.6 is 0 Å². The summed E-state index contributed by atoms with van der Waals surface area (Å²) in [7, 11) is 1.70. The molecule has 0 aliphatic carbocycles. The molecule has 4 N–H and O–H groups in total. The van der Waals surface area contributed by atoms with Crippen LogP contribution in [0.3, 0.4) is 0 Å². The molecule has 0 saturated carbocycles. The van der Waals surface area contributed by atoms with Gasteiger partial charge in [0.1, 0.15) is 11.5 Å². The molecule has 0 radical (unpaired) electrons. The van der Waals surface area contributed by atoms with Crippen molar-refractivity contribution >= 4 is 11.7 Å². The Bertz CT molecular complexity index is 438. The molecule has 1 unspecified atom stereocenters. The van der Waals surface area contributed by atoms with Gasteiger partial charge in [-0.3, -0.25) is 9.48 Å². The van der Waals surface area contributed by atoms with Gasteiger partial charge in [0.2, 0.25) is 0 Å². The predicted molar refractivity (Wildman–Crippen MR) is 62.9 cm³/mol. The molecule has 7 heteroatoms. The second kappa shape index (κ2) is 5.33. The smallest absolute Gasteiger partial charge is 0.269 e. The lowest BCUT2D eigenvalue weighted by molar-refractivity contribution is 0.0941. The Morgan fingerprint density at radius 3 is 2.88 bits per heavy atom. The largest absolute Gasteiger partial charge is 0.409 e. The third-order valence-electron chi connectivity index (χ3n) is 2.42. The van der Waals surface area contributed by atoms with Crippen molar-refractivity contribution < 1.29 is 10.0 Å². The minimum Gasteiger partial charge on any atom is -0.409 e. The monoisotopic (exact) mass is 239 g/mol. The molecule has 0 fully saturated rings. The van der Waals surface area contributed by atoms with Gasteiger partial charge in [-0.05, 0) is 13.0 Å². The van der Waals surface area contributed by atoms with Crippen LogP contribution in [-0.2, 0) is 7.05 Å². The number of amidine groups is 1. The standard InChI is InChI=1S/C10H17N5O2/c1-6(9(11)14-17)5-12-10(16)8-4-7(2)13-15(8)3/h4,6,17H,5H2,1-3H3,(H2,11,14)(H,12,16). The average molecular weight is 239 g/mol. The van der Waals surface area contributed by atoms with Crippen molar-refractivity contribution in [1.29, 1.82) is 0 Å². The molecule has 1 atom stereocenters. The van der Waals surface area contributed by atoms with Crippen LogP contribution < -0.4 is 11.1 Å². The van der Waals surface area contributed by atoms with E-state index in [1.54, 1.807) is 20.0 Å². The number of amides is 1. The second-order valence-corrected chi connectivity index (χ2v) is 3.93. The fourth-order valence-corrected chi connectivity index (χ4v) is 1.36. The van der Waals surface area contributed by atoms with E-state index in [1.165, 1.54) is 4.68 Å². The van der Waals surface area contributed by atoms with Gasteiger partial charge in [0.15, 0.2) is 0 Å². The van der Waals surface area contributed by atoms with E-state index in [9.17, 15) is 4.79 Å². The topological polar surface area (TPSA) is 106 Å². The first-order chi connectivity index (χ1) is 7.95. The van der Waals surface area contributed by atoms with Crippen molar-refractivity contribution in [2.75, 3.05) is 6.54 Å². The molecular weight excluding hydrogens is 222 g/mol. The van der Waals surface area contributed by atoms with E-state index in [2.05, 4.69) is 15.6 Å². The van der Waals surface area contributed by atoms with Crippen LogP contribution in [0.4, 0.5) is 0 Å². The minimum atomic E-state index is -0.231. The van der Waals surface area contributed by atoms with E-state index < -0.39 is 0 Å². The van der Waals surface area contributed by atoms with Crippen LogP contribution in [-0.4, -0.2) is 33.3 Å². The maximum Gasteiger partial charge on any atom is 0.269 e. The summed E-state index contributed by atoms with van der Waals surface area (Å²) >= 11 is 0. The van der Waals surface area contributed by atoms with Gasteiger partial charge in [0, 0.05) is 19.5 Å². The molecule has 1 amide bonds. The average Bonchev–Trinajstić information content (AvgIpc) is 2.63. The maximum atomic E-state index is 11.8. The first kappa shape index (κ1) is 13.0. The van der Waals surface area contributed by atoms with E-state index in [0.29, 0.717) is 12.2 Å². The van der Waals surface area contributed by atoms with Crippen molar-refractivity contribution in [2.45, 2.75) is 13.8 Å². The Labute approximate surface area is 99.3 Å². The molecule has 7 nitrogen and oxygen atoms in total. The molecule has 0 aliphatic heterocycles. The summed E-state index contributed by atoms with van der Waals surface area (Å²) in [4.78, 5) is 11.8. The Morgan fingerprint density at radius 1 is 1.76 bits per heavy atom. The maximum absolute atomic E-state index is 11.8. The van der Waals surface area contributed by atoms with E-state index >= 15 is 0 Å². The van der Waals surface area contributed by atoms with E-state index in [-0.39, 0.29) is 17.7 Å². The van der Waals surface area contributed by atoms with Crippen LogP contribution in [0.5, 0.6) is 0 Å². The van der Waals surface area contributed by atoms with Crippen molar-refractivity contribution in [3.05, 3.63) is 17.5 Å². The molecule has 0 saturated heterocycles. The lowest BCUT2D eigenvalue weighted by Crippen LogP contribution is -2.35. The number of nitrogens with one attached hydrogen (secondary N) is 1. The van der Waals surface area contributed by atoms with Crippen molar-refractivity contribution in [3.8, 4) is 0 Å². The van der Waals surface area contributed by atoms with E-state index in [4.69, 9.17) is 10.9 Å². The highest BCUT2D eigenvalue weighted by atomic mass is 16.4. The number of nitrogens with zero attached hydrogens (tertiary/aromatic N) is 3. The van der Waals surface area contributed by atoms with Crippen molar-refractivity contribution in [2.24, 2.45) is 23.9 Å². The summed E-state index contributed by atoms with van der Waals surface area (Å²) < 4.78 is 1.51. The number of aromatic nitrogens is 2. The third kappa shape index (κ3) is 3.20. The van der Waals surface area contributed by atoms with Gasteiger partial charge in [0.05, 0.1) is 5.69 Å². The molecule has 0 aliphatic rings. The van der Waals surface area contributed by atoms with Gasteiger partial charge in [-0.2, -0.15) is 5.10 Å². The summed E-state index contributed by atoms with van der Waals surface area (Å²) in [5.41, 5.74) is 6.67. The number of rotatable bonds is 4. The van der Waals surface area contributed by atoms with Gasteiger partial charge in [-0.25, -0.2) is 0 Å². The molecule has 0 aromatic carbocycles. The molecule has 0 bridgehead atoms. The zero-order chi connectivity index (χ0) is 13.0. The van der Waals surface area contributed by atoms with E-state index in [0.717, 1.165) is 5.69 Å². The molecule has 17 heavy (non-hydrogen) atoms. The fraction of sp³-hybridized carbons (Fsp3) is 0.500. The van der Waals surface area contributed by atoms with Gasteiger partial charge < -0.3 is 16.3 Å². The Hall–Kier alpha value is -2.05. The zero-order valence-electron chi connectivity index (χ0n) is 10.1. The quantitative estimate of drug-likeness (QED) is 0.294. The molecule has 0 spiro atoms. The summed E-state index contributed by atoms with van der Waals surface area (Å²) in [5, 5.41) is 18.1. The molecule has 1 rings (SSSR count). The number of hydrogen-bond donors (Lipinski definition) is 3. The SMILES string of the molecule is Cc1cc(C(=O)NCC(C)C(N)=NO)n(C)n1. The van der Waals surface area contributed by atoms with Gasteiger partial charge in [0.25, 0.3) is 5.91 Å². The summed E-state index contributed by atoms with van der Waals surface area (Å²) in [6.07, 6.45) is 0. The third-order valence-corrected chi connectivity index (χ3v) is 2.42. The number of carbonyl (C=O) groups is 1. The Balaban J connectivity index is 2.59. The highest BCUT2D eigenvalue weighted by Gasteiger charge is 2.14. The normalized spacial score (nSPS) is 13.5. The summed E-state index contributed by atoms with van der Waals surface area (Å²) in [6, 6.07) is 1.70. The fourth-order valence-electron chi connectivity index (χ4n) is 1.36. The van der Waals surface area contributed by atoms with Crippen LogP contribution in [0.25, 0.3) is 0 Å². The van der Waals surface area contributed by atoms with Crippen LogP contribution in [0.15, 0.2) is 11.2 Å². The van der Waals surface area contributed by atoms with Crippen LogP contribution in [0, 0.1) is 12.8 Å². The number of hydrogen-bond acceptors (Lipinski definition) is 4. The van der Waals surface area contributed by atoms with Gasteiger partial charge >= 0.3 is 0 Å². The first-order valence-corrected chi connectivity index (χ1v) is 5.22. The van der Waals surface area contributed by atoms with Crippen molar-refractivity contribution in [3.63, 3.8) is 0 Å². The van der Waals surface area contributed by atoms with Gasteiger partial charge in [-0.1, -0.05) is 12.1 Å². The van der Waals surface area contributed by atoms with Gasteiger partial charge in [-0.15, -0.1) is 0 Å². The van der Waals surface area contributed by atoms with Crippen LogP contribution in [0.2, 0.25) is 0 Å². The molecule has 94 valence electrons. The number of aryl methyl sites for hydroxylation is 2. The van der Waals surface area contributed by atoms with Crippen LogP contribution in [0.1, 0.15) is 23.1 Å². The molecule has 1 aromatic rings. The molecule has 1 aromatic heterocycles. The number of nitrogens with two attached hydrogens (primary N) is 1. The van der Waals surface area contributed by atoms with Crippen molar-refractivity contribution in [1.82, 2.24) is 15.1 Å². The lowest BCUT2D eigenvalue weighted by atomic mass is 10.1.